The van der Waals surface area contributed by atoms with Gasteiger partial charge in [-0.1, -0.05) is 6.07 Å². The summed E-state index contributed by atoms with van der Waals surface area (Å²) < 4.78 is 17.0. The number of nitrogens with zero attached hydrogens (tertiary/aromatic N) is 5. The lowest BCUT2D eigenvalue weighted by Crippen LogP contribution is -2.29. The minimum atomic E-state index is -0.266. The second-order valence-electron chi connectivity index (χ2n) is 5.60. The fourth-order valence-electron chi connectivity index (χ4n) is 2.40. The van der Waals surface area contributed by atoms with Crippen LogP contribution in [0.5, 0.6) is 0 Å². The van der Waals surface area contributed by atoms with E-state index in [0.29, 0.717) is 6.54 Å². The Morgan fingerprint density at radius 3 is 2.78 bits per heavy atom. The molecule has 0 bridgehead atoms. The molecule has 0 saturated heterocycles. The summed E-state index contributed by atoms with van der Waals surface area (Å²) in [5, 5.41) is 15.5. The molecule has 6 nitrogen and oxygen atoms in total. The summed E-state index contributed by atoms with van der Waals surface area (Å²) in [6.45, 7) is 5.55. The molecular formula is C16H19FN6. The maximum atomic E-state index is 13.3. The number of aryl methyl sites for hydroxylation is 1. The predicted octanol–water partition coefficient (Wildman–Crippen LogP) is 2.09. The third-order valence-corrected chi connectivity index (χ3v) is 3.67. The molecule has 23 heavy (non-hydrogen) atoms. The smallest absolute Gasteiger partial charge is 0.125 e. The van der Waals surface area contributed by atoms with Crippen molar-refractivity contribution >= 4 is 0 Å². The molecule has 0 saturated carbocycles. The van der Waals surface area contributed by atoms with Crippen LogP contribution in [0.1, 0.15) is 18.2 Å². The van der Waals surface area contributed by atoms with E-state index in [4.69, 9.17) is 0 Å². The van der Waals surface area contributed by atoms with Gasteiger partial charge in [0.2, 0.25) is 0 Å². The van der Waals surface area contributed by atoms with Crippen molar-refractivity contribution in [1.82, 2.24) is 29.9 Å². The highest BCUT2D eigenvalue weighted by molar-refractivity contribution is 5.33. The van der Waals surface area contributed by atoms with E-state index in [0.717, 1.165) is 23.5 Å². The average molecular weight is 314 g/mol. The largest absolute Gasteiger partial charge is 0.319 e. The third kappa shape index (κ3) is 3.81. The Kier molecular flexibility index (Phi) is 4.47. The zero-order valence-electron chi connectivity index (χ0n) is 13.1. The highest BCUT2D eigenvalue weighted by Gasteiger charge is 2.09. The molecule has 0 aliphatic heterocycles. The number of nitrogens with one attached hydrogen (secondary N) is 1. The van der Waals surface area contributed by atoms with Crippen LogP contribution in [-0.4, -0.2) is 30.6 Å². The SMILES string of the molecule is Cc1nn(-c2cccc(F)c2)cc1CNC(C)Cn1cnnc1. The molecule has 0 aliphatic carbocycles. The zero-order valence-corrected chi connectivity index (χ0v) is 13.1. The molecule has 3 aromatic rings. The monoisotopic (exact) mass is 314 g/mol. The van der Waals surface area contributed by atoms with Gasteiger partial charge in [-0.05, 0) is 32.0 Å². The van der Waals surface area contributed by atoms with Crippen molar-refractivity contribution in [2.75, 3.05) is 0 Å². The number of aromatic nitrogens is 5. The molecule has 2 aromatic heterocycles. The summed E-state index contributed by atoms with van der Waals surface area (Å²) in [7, 11) is 0. The summed E-state index contributed by atoms with van der Waals surface area (Å²) in [6, 6.07) is 6.68. The Hall–Kier alpha value is -2.54. The van der Waals surface area contributed by atoms with Crippen molar-refractivity contribution in [1.29, 1.82) is 0 Å². The van der Waals surface area contributed by atoms with Crippen LogP contribution >= 0.6 is 0 Å². The lowest BCUT2D eigenvalue weighted by atomic mass is 10.2. The van der Waals surface area contributed by atoms with Crippen molar-refractivity contribution < 1.29 is 4.39 Å². The Morgan fingerprint density at radius 1 is 1.26 bits per heavy atom. The van der Waals surface area contributed by atoms with E-state index in [-0.39, 0.29) is 11.9 Å². The van der Waals surface area contributed by atoms with E-state index < -0.39 is 0 Å². The minimum absolute atomic E-state index is 0.266. The van der Waals surface area contributed by atoms with E-state index in [1.807, 2.05) is 23.8 Å². The molecule has 0 spiro atoms. The third-order valence-electron chi connectivity index (χ3n) is 3.67. The highest BCUT2D eigenvalue weighted by atomic mass is 19.1. The topological polar surface area (TPSA) is 60.6 Å². The van der Waals surface area contributed by atoms with Crippen LogP contribution < -0.4 is 5.32 Å². The van der Waals surface area contributed by atoms with Gasteiger partial charge in [-0.15, -0.1) is 10.2 Å². The van der Waals surface area contributed by atoms with Gasteiger partial charge in [0.15, 0.2) is 0 Å². The van der Waals surface area contributed by atoms with Crippen molar-refractivity contribution in [3.8, 4) is 5.69 Å². The van der Waals surface area contributed by atoms with Gasteiger partial charge in [-0.25, -0.2) is 9.07 Å². The van der Waals surface area contributed by atoms with Gasteiger partial charge in [0.1, 0.15) is 18.5 Å². The van der Waals surface area contributed by atoms with Crippen LogP contribution in [0, 0.1) is 12.7 Å². The van der Waals surface area contributed by atoms with Crippen LogP contribution in [0.25, 0.3) is 5.69 Å². The zero-order chi connectivity index (χ0) is 16.2. The fraction of sp³-hybridized carbons (Fsp3) is 0.312. The molecular weight excluding hydrogens is 295 g/mol. The number of hydrogen-bond donors (Lipinski definition) is 1. The Balaban J connectivity index is 1.64. The van der Waals surface area contributed by atoms with Crippen LogP contribution in [0.4, 0.5) is 4.39 Å². The number of rotatable bonds is 6. The average Bonchev–Trinajstić information content (AvgIpc) is 3.15. The molecule has 0 aliphatic rings. The molecule has 1 atom stereocenters. The van der Waals surface area contributed by atoms with Gasteiger partial charge >= 0.3 is 0 Å². The second-order valence-corrected chi connectivity index (χ2v) is 5.60. The summed E-state index contributed by atoms with van der Waals surface area (Å²) in [5.41, 5.74) is 2.74. The number of hydrogen-bond acceptors (Lipinski definition) is 4. The molecule has 0 fully saturated rings. The predicted molar refractivity (Wildman–Crippen MR) is 84.6 cm³/mol. The highest BCUT2D eigenvalue weighted by Crippen LogP contribution is 2.13. The number of benzene rings is 1. The maximum absolute atomic E-state index is 13.3. The Morgan fingerprint density at radius 2 is 2.04 bits per heavy atom. The van der Waals surface area contributed by atoms with E-state index in [9.17, 15) is 4.39 Å². The van der Waals surface area contributed by atoms with Gasteiger partial charge in [-0.3, -0.25) is 0 Å². The standard InChI is InChI=1S/C16H19FN6/c1-12(8-22-10-19-20-11-22)18-7-14-9-23(21-13(14)2)16-5-3-4-15(17)6-16/h3-6,9-12,18H,7-8H2,1-2H3. The van der Waals surface area contributed by atoms with E-state index in [1.165, 1.54) is 12.1 Å². The van der Waals surface area contributed by atoms with Crippen molar-refractivity contribution in [3.63, 3.8) is 0 Å². The van der Waals surface area contributed by atoms with Gasteiger partial charge in [0, 0.05) is 30.9 Å². The van der Waals surface area contributed by atoms with Gasteiger partial charge in [-0.2, -0.15) is 5.10 Å². The lowest BCUT2D eigenvalue weighted by molar-refractivity contribution is 0.475. The molecule has 1 aromatic carbocycles. The Bertz CT molecular complexity index is 765. The molecule has 3 rings (SSSR count). The van der Waals surface area contributed by atoms with E-state index in [1.54, 1.807) is 23.4 Å². The summed E-state index contributed by atoms with van der Waals surface area (Å²) in [5.74, 6) is -0.266. The molecule has 2 heterocycles. The van der Waals surface area contributed by atoms with E-state index in [2.05, 4.69) is 27.5 Å². The first-order chi connectivity index (χ1) is 11.1. The van der Waals surface area contributed by atoms with Gasteiger partial charge < -0.3 is 9.88 Å². The number of halogens is 1. The first kappa shape index (κ1) is 15.4. The second kappa shape index (κ2) is 6.70. The summed E-state index contributed by atoms with van der Waals surface area (Å²) in [6.07, 6.45) is 5.33. The van der Waals surface area contributed by atoms with Gasteiger partial charge in [0.25, 0.3) is 0 Å². The van der Waals surface area contributed by atoms with Crippen LogP contribution in [0.3, 0.4) is 0 Å². The van der Waals surface area contributed by atoms with Crippen molar-refractivity contribution in [3.05, 3.63) is 60.2 Å². The van der Waals surface area contributed by atoms with Crippen LogP contribution in [-0.2, 0) is 13.1 Å². The minimum Gasteiger partial charge on any atom is -0.319 e. The van der Waals surface area contributed by atoms with Crippen molar-refractivity contribution in [2.24, 2.45) is 0 Å². The Labute approximate surface area is 134 Å². The lowest BCUT2D eigenvalue weighted by Gasteiger charge is -2.13. The van der Waals surface area contributed by atoms with Crippen LogP contribution in [0.15, 0.2) is 43.1 Å². The first-order valence-corrected chi connectivity index (χ1v) is 7.48. The maximum Gasteiger partial charge on any atom is 0.125 e. The fourth-order valence-corrected chi connectivity index (χ4v) is 2.40. The quantitative estimate of drug-likeness (QED) is 0.757. The summed E-state index contributed by atoms with van der Waals surface area (Å²) in [4.78, 5) is 0. The molecule has 1 N–H and O–H groups in total. The first-order valence-electron chi connectivity index (χ1n) is 7.48. The van der Waals surface area contributed by atoms with Crippen molar-refractivity contribution in [2.45, 2.75) is 33.0 Å². The van der Waals surface area contributed by atoms with Gasteiger partial charge in [0.05, 0.1) is 11.4 Å². The van der Waals surface area contributed by atoms with E-state index >= 15 is 0 Å². The molecule has 120 valence electrons. The molecule has 1 unspecified atom stereocenters. The summed E-state index contributed by atoms with van der Waals surface area (Å²) >= 11 is 0. The molecule has 7 heteroatoms. The van der Waals surface area contributed by atoms with Crippen LogP contribution in [0.2, 0.25) is 0 Å². The normalized spacial score (nSPS) is 12.5. The molecule has 0 radical (unpaired) electrons. The molecule has 0 amide bonds.